The number of hydrogen-bond donors (Lipinski definition) is 0. The van der Waals surface area contributed by atoms with Crippen molar-refractivity contribution in [2.45, 2.75) is 51.2 Å². The van der Waals surface area contributed by atoms with Gasteiger partial charge in [0, 0.05) is 13.0 Å². The number of nitrogens with zero attached hydrogens (tertiary/aromatic N) is 1. The highest BCUT2D eigenvalue weighted by Gasteiger charge is 2.39. The molecule has 1 aliphatic carbocycles. The third-order valence-corrected chi connectivity index (χ3v) is 3.31. The van der Waals surface area contributed by atoms with Crippen LogP contribution in [-0.2, 0) is 14.3 Å². The molecule has 0 N–H and O–H groups in total. The van der Waals surface area contributed by atoms with Crippen LogP contribution in [0.2, 0.25) is 0 Å². The van der Waals surface area contributed by atoms with E-state index in [2.05, 4.69) is 0 Å². The summed E-state index contributed by atoms with van der Waals surface area (Å²) in [7, 11) is 0. The minimum Gasteiger partial charge on any atom is -0.444 e. The Bertz CT molecular complexity index is 400. The number of ether oxygens (including phenoxy) is 2. The molecular weight excluding hydrogens is 246 g/mol. The first-order valence-electron chi connectivity index (χ1n) is 6.61. The number of carbonyl (C=O) groups is 2. The van der Waals surface area contributed by atoms with Crippen LogP contribution in [0.15, 0.2) is 12.2 Å². The Morgan fingerprint density at radius 3 is 2.74 bits per heavy atom. The molecular formula is C14H21NO4. The second-order valence-electron chi connectivity index (χ2n) is 6.20. The van der Waals surface area contributed by atoms with Crippen molar-refractivity contribution in [2.75, 3.05) is 13.3 Å². The molecule has 5 nitrogen and oxygen atoms in total. The molecule has 5 heteroatoms. The smallest absolute Gasteiger partial charge is 0.412 e. The Morgan fingerprint density at radius 1 is 1.47 bits per heavy atom. The van der Waals surface area contributed by atoms with Gasteiger partial charge in [0.2, 0.25) is 0 Å². The number of hydrogen-bond acceptors (Lipinski definition) is 4. The van der Waals surface area contributed by atoms with E-state index in [-0.39, 0.29) is 18.6 Å². The van der Waals surface area contributed by atoms with Crippen LogP contribution < -0.4 is 0 Å². The van der Waals surface area contributed by atoms with E-state index in [0.29, 0.717) is 19.4 Å². The molecule has 1 fully saturated rings. The van der Waals surface area contributed by atoms with Crippen LogP contribution in [0.5, 0.6) is 0 Å². The summed E-state index contributed by atoms with van der Waals surface area (Å²) in [5, 5.41) is 0. The van der Waals surface area contributed by atoms with Crippen molar-refractivity contribution in [2.24, 2.45) is 0 Å². The van der Waals surface area contributed by atoms with Gasteiger partial charge < -0.3 is 9.47 Å². The second kappa shape index (κ2) is 4.96. The largest absolute Gasteiger partial charge is 0.444 e. The maximum atomic E-state index is 11.9. The molecule has 1 aliphatic heterocycles. The van der Waals surface area contributed by atoms with Crippen molar-refractivity contribution in [3.8, 4) is 0 Å². The first kappa shape index (κ1) is 14.1. The molecule has 1 unspecified atom stereocenters. The minimum atomic E-state index is -0.504. The molecule has 0 radical (unpaired) electrons. The third-order valence-electron chi connectivity index (χ3n) is 3.31. The van der Waals surface area contributed by atoms with E-state index in [9.17, 15) is 9.59 Å². The highest BCUT2D eigenvalue weighted by atomic mass is 16.6. The zero-order valence-corrected chi connectivity index (χ0v) is 11.8. The van der Waals surface area contributed by atoms with Crippen molar-refractivity contribution in [1.82, 2.24) is 4.90 Å². The monoisotopic (exact) mass is 267 g/mol. The fourth-order valence-electron chi connectivity index (χ4n) is 2.31. The lowest BCUT2D eigenvalue weighted by Crippen LogP contribution is -2.51. The fraction of sp³-hybridized carbons (Fsp3) is 0.714. The zero-order chi connectivity index (χ0) is 14.1. The summed E-state index contributed by atoms with van der Waals surface area (Å²) in [6.45, 7) is 6.26. The summed E-state index contributed by atoms with van der Waals surface area (Å²) in [6, 6.07) is 0. The minimum absolute atomic E-state index is 0.0944. The van der Waals surface area contributed by atoms with Gasteiger partial charge in [0.15, 0.2) is 5.78 Å². The van der Waals surface area contributed by atoms with Crippen LogP contribution in [0, 0.1) is 0 Å². The maximum absolute atomic E-state index is 11.9. The van der Waals surface area contributed by atoms with Crippen LogP contribution in [0.4, 0.5) is 4.79 Å². The van der Waals surface area contributed by atoms with E-state index in [1.807, 2.05) is 26.8 Å². The molecule has 19 heavy (non-hydrogen) atoms. The van der Waals surface area contributed by atoms with E-state index >= 15 is 0 Å². The third kappa shape index (κ3) is 3.56. The van der Waals surface area contributed by atoms with E-state index in [1.54, 1.807) is 11.0 Å². The molecule has 0 aromatic rings. The molecule has 0 saturated carbocycles. The van der Waals surface area contributed by atoms with Gasteiger partial charge >= 0.3 is 6.09 Å². The Balaban J connectivity index is 1.91. The SMILES string of the molecule is CC(C)(C)OC(=O)N1CCC2(CC=CC(=O)C2)OC1. The van der Waals surface area contributed by atoms with Gasteiger partial charge in [0.1, 0.15) is 12.3 Å². The normalized spacial score (nSPS) is 27.7. The van der Waals surface area contributed by atoms with E-state index in [4.69, 9.17) is 9.47 Å². The van der Waals surface area contributed by atoms with Crippen LogP contribution >= 0.6 is 0 Å². The molecule has 1 spiro atoms. The summed E-state index contributed by atoms with van der Waals surface area (Å²) in [6.07, 6.45) is 4.92. The lowest BCUT2D eigenvalue weighted by Gasteiger charge is -2.42. The molecule has 1 amide bonds. The van der Waals surface area contributed by atoms with Crippen LogP contribution in [0.3, 0.4) is 0 Å². The van der Waals surface area contributed by atoms with Gasteiger partial charge in [0.05, 0.1) is 5.60 Å². The molecule has 0 aromatic heterocycles. The summed E-state index contributed by atoms with van der Waals surface area (Å²) in [5.41, 5.74) is -0.917. The Morgan fingerprint density at radius 2 is 2.21 bits per heavy atom. The van der Waals surface area contributed by atoms with Crippen LogP contribution in [-0.4, -0.2) is 41.3 Å². The van der Waals surface area contributed by atoms with Crippen molar-refractivity contribution < 1.29 is 19.1 Å². The lowest BCUT2D eigenvalue weighted by atomic mass is 9.84. The quantitative estimate of drug-likeness (QED) is 0.675. The van der Waals surface area contributed by atoms with Crippen molar-refractivity contribution >= 4 is 11.9 Å². The summed E-state index contributed by atoms with van der Waals surface area (Å²) >= 11 is 0. The molecule has 2 aliphatic rings. The lowest BCUT2D eigenvalue weighted by molar-refractivity contribution is -0.148. The molecule has 1 saturated heterocycles. The van der Waals surface area contributed by atoms with Crippen LogP contribution in [0.1, 0.15) is 40.0 Å². The molecule has 0 aromatic carbocycles. The molecule has 1 atom stereocenters. The van der Waals surface area contributed by atoms with Gasteiger partial charge in [0.25, 0.3) is 0 Å². The standard InChI is InChI=1S/C14H21NO4/c1-13(2,3)19-12(17)15-8-7-14(18-10-15)6-4-5-11(16)9-14/h4-5H,6-10H2,1-3H3. The van der Waals surface area contributed by atoms with Gasteiger partial charge in [-0.2, -0.15) is 0 Å². The number of ketones is 1. The van der Waals surface area contributed by atoms with Crippen molar-refractivity contribution in [3.63, 3.8) is 0 Å². The number of rotatable bonds is 0. The Kier molecular flexibility index (Phi) is 3.67. The molecule has 0 bridgehead atoms. The Hall–Kier alpha value is -1.36. The predicted octanol–water partition coefficient (Wildman–Crippen LogP) is 2.26. The summed E-state index contributed by atoms with van der Waals surface area (Å²) in [4.78, 5) is 24.9. The average Bonchev–Trinajstić information content (AvgIpc) is 2.27. The average molecular weight is 267 g/mol. The van der Waals surface area contributed by atoms with Gasteiger partial charge in [-0.25, -0.2) is 4.79 Å². The zero-order valence-electron chi connectivity index (χ0n) is 11.8. The first-order chi connectivity index (χ1) is 8.80. The number of carbonyl (C=O) groups excluding carboxylic acids is 2. The van der Waals surface area contributed by atoms with Crippen LogP contribution in [0.25, 0.3) is 0 Å². The summed E-state index contributed by atoms with van der Waals surface area (Å²) in [5.74, 6) is 0.0944. The highest BCUT2D eigenvalue weighted by Crippen LogP contribution is 2.33. The van der Waals surface area contributed by atoms with E-state index < -0.39 is 11.2 Å². The number of allylic oxidation sites excluding steroid dienone is 1. The van der Waals surface area contributed by atoms with Crippen molar-refractivity contribution in [3.05, 3.63) is 12.2 Å². The predicted molar refractivity (Wildman–Crippen MR) is 69.6 cm³/mol. The molecule has 1 heterocycles. The van der Waals surface area contributed by atoms with Gasteiger partial charge in [-0.05, 0) is 39.7 Å². The van der Waals surface area contributed by atoms with E-state index in [1.165, 1.54) is 0 Å². The van der Waals surface area contributed by atoms with Gasteiger partial charge in [-0.15, -0.1) is 0 Å². The summed E-state index contributed by atoms with van der Waals surface area (Å²) < 4.78 is 11.1. The molecule has 106 valence electrons. The van der Waals surface area contributed by atoms with E-state index in [0.717, 1.165) is 6.42 Å². The highest BCUT2D eigenvalue weighted by molar-refractivity contribution is 5.91. The number of amides is 1. The first-order valence-corrected chi connectivity index (χ1v) is 6.61. The fourth-order valence-corrected chi connectivity index (χ4v) is 2.31. The topological polar surface area (TPSA) is 55.8 Å². The molecule has 2 rings (SSSR count). The van der Waals surface area contributed by atoms with Gasteiger partial charge in [-0.3, -0.25) is 9.69 Å². The maximum Gasteiger partial charge on any atom is 0.412 e. The Labute approximate surface area is 113 Å². The van der Waals surface area contributed by atoms with Crippen molar-refractivity contribution in [1.29, 1.82) is 0 Å². The second-order valence-corrected chi connectivity index (χ2v) is 6.20. The van der Waals surface area contributed by atoms with Gasteiger partial charge in [-0.1, -0.05) is 6.08 Å².